The van der Waals surface area contributed by atoms with Crippen LogP contribution >= 0.6 is 0 Å². The van der Waals surface area contributed by atoms with Crippen molar-refractivity contribution in [2.45, 2.75) is 46.3 Å². The molecular formula is C10H22O3. The van der Waals surface area contributed by atoms with Gasteiger partial charge >= 0.3 is 0 Å². The third kappa shape index (κ3) is 4.07. The lowest BCUT2D eigenvalue weighted by molar-refractivity contribution is -0.0418. The van der Waals surface area contributed by atoms with Gasteiger partial charge in [0, 0.05) is 12.5 Å². The van der Waals surface area contributed by atoms with Crippen LogP contribution in [-0.4, -0.2) is 34.1 Å². The number of aliphatic hydroxyl groups excluding tert-OH is 3. The van der Waals surface area contributed by atoms with E-state index >= 15 is 0 Å². The van der Waals surface area contributed by atoms with Gasteiger partial charge in [0.1, 0.15) is 0 Å². The molecule has 13 heavy (non-hydrogen) atoms. The summed E-state index contributed by atoms with van der Waals surface area (Å²) in [6.45, 7) is 7.55. The Balaban J connectivity index is 4.16. The van der Waals surface area contributed by atoms with Crippen LogP contribution in [0.25, 0.3) is 0 Å². The maximum absolute atomic E-state index is 9.81. The zero-order valence-corrected chi connectivity index (χ0v) is 8.99. The summed E-state index contributed by atoms with van der Waals surface area (Å²) in [5, 5.41) is 28.0. The van der Waals surface area contributed by atoms with Crippen LogP contribution in [0, 0.1) is 11.3 Å². The molecule has 0 aliphatic carbocycles. The fraction of sp³-hybridized carbons (Fsp3) is 1.00. The van der Waals surface area contributed by atoms with Gasteiger partial charge in [-0.2, -0.15) is 0 Å². The average Bonchev–Trinajstić information content (AvgIpc) is 2.00. The van der Waals surface area contributed by atoms with Crippen molar-refractivity contribution >= 4 is 0 Å². The maximum Gasteiger partial charge on any atom is 0.0638 e. The van der Waals surface area contributed by atoms with E-state index < -0.39 is 12.2 Å². The van der Waals surface area contributed by atoms with E-state index in [0.29, 0.717) is 6.42 Å². The van der Waals surface area contributed by atoms with Crippen molar-refractivity contribution in [2.75, 3.05) is 6.61 Å². The summed E-state index contributed by atoms with van der Waals surface area (Å²) < 4.78 is 0. The van der Waals surface area contributed by atoms with Crippen molar-refractivity contribution in [3.63, 3.8) is 0 Å². The second kappa shape index (κ2) is 4.94. The summed E-state index contributed by atoms with van der Waals surface area (Å²) in [6.07, 6.45) is -0.845. The van der Waals surface area contributed by atoms with Gasteiger partial charge in [-0.15, -0.1) is 0 Å². The van der Waals surface area contributed by atoms with Gasteiger partial charge < -0.3 is 15.3 Å². The van der Waals surface area contributed by atoms with Crippen molar-refractivity contribution in [2.24, 2.45) is 11.3 Å². The molecule has 0 amide bonds. The van der Waals surface area contributed by atoms with Crippen LogP contribution in [0.3, 0.4) is 0 Å². The van der Waals surface area contributed by atoms with Gasteiger partial charge in [-0.25, -0.2) is 0 Å². The largest absolute Gasteiger partial charge is 0.396 e. The second-order valence-corrected chi connectivity index (χ2v) is 4.75. The molecule has 0 bridgehead atoms. The molecule has 0 aliphatic heterocycles. The Morgan fingerprint density at radius 3 is 1.92 bits per heavy atom. The molecule has 0 spiro atoms. The third-order valence-electron chi connectivity index (χ3n) is 2.42. The summed E-state index contributed by atoms with van der Waals surface area (Å²) in [6, 6.07) is 0. The Morgan fingerprint density at radius 1 is 1.15 bits per heavy atom. The summed E-state index contributed by atoms with van der Waals surface area (Å²) >= 11 is 0. The average molecular weight is 190 g/mol. The lowest BCUT2D eigenvalue weighted by Gasteiger charge is -2.33. The molecule has 0 aromatic heterocycles. The Hall–Kier alpha value is -0.120. The zero-order chi connectivity index (χ0) is 10.6. The Labute approximate surface area is 80.4 Å². The molecule has 3 heteroatoms. The first kappa shape index (κ1) is 12.9. The molecule has 0 saturated heterocycles. The zero-order valence-electron chi connectivity index (χ0n) is 8.99. The van der Waals surface area contributed by atoms with E-state index in [2.05, 4.69) is 0 Å². The Bertz CT molecular complexity index is 140. The van der Waals surface area contributed by atoms with E-state index in [1.807, 2.05) is 20.8 Å². The molecule has 0 aromatic carbocycles. The molecule has 3 atom stereocenters. The van der Waals surface area contributed by atoms with Gasteiger partial charge in [-0.1, -0.05) is 27.7 Å². The molecule has 0 rings (SSSR count). The monoisotopic (exact) mass is 190 g/mol. The molecular weight excluding hydrogens is 168 g/mol. The van der Waals surface area contributed by atoms with Crippen molar-refractivity contribution in [3.8, 4) is 0 Å². The van der Waals surface area contributed by atoms with Crippen LogP contribution in [0.2, 0.25) is 0 Å². The summed E-state index contributed by atoms with van der Waals surface area (Å²) in [7, 11) is 0. The smallest absolute Gasteiger partial charge is 0.0638 e. The minimum atomic E-state index is -0.626. The van der Waals surface area contributed by atoms with Crippen molar-refractivity contribution in [3.05, 3.63) is 0 Å². The van der Waals surface area contributed by atoms with Gasteiger partial charge in [-0.3, -0.25) is 0 Å². The first-order valence-electron chi connectivity index (χ1n) is 4.77. The van der Waals surface area contributed by atoms with Gasteiger partial charge in [0.2, 0.25) is 0 Å². The van der Waals surface area contributed by atoms with Gasteiger partial charge in [0.15, 0.2) is 0 Å². The number of aliphatic hydroxyl groups is 3. The van der Waals surface area contributed by atoms with Crippen LogP contribution in [0.5, 0.6) is 0 Å². The van der Waals surface area contributed by atoms with E-state index in [1.54, 1.807) is 6.92 Å². The number of rotatable bonds is 4. The molecule has 3 N–H and O–H groups in total. The Kier molecular flexibility index (Phi) is 4.89. The van der Waals surface area contributed by atoms with Crippen molar-refractivity contribution in [1.29, 1.82) is 0 Å². The summed E-state index contributed by atoms with van der Waals surface area (Å²) in [5.41, 5.74) is -0.226. The van der Waals surface area contributed by atoms with Gasteiger partial charge in [0.05, 0.1) is 12.2 Å². The lowest BCUT2D eigenvalue weighted by Crippen LogP contribution is -2.38. The predicted octanol–water partition coefficient (Wildman–Crippen LogP) is 0.773. The van der Waals surface area contributed by atoms with Gasteiger partial charge in [0.25, 0.3) is 0 Å². The fourth-order valence-electron chi connectivity index (χ4n) is 1.39. The van der Waals surface area contributed by atoms with Gasteiger partial charge in [-0.05, 0) is 11.8 Å². The molecule has 0 fully saturated rings. The molecule has 0 aliphatic rings. The van der Waals surface area contributed by atoms with E-state index in [4.69, 9.17) is 5.11 Å². The highest BCUT2D eigenvalue weighted by Crippen LogP contribution is 2.27. The van der Waals surface area contributed by atoms with Crippen molar-refractivity contribution < 1.29 is 15.3 Å². The molecule has 3 nitrogen and oxygen atoms in total. The Morgan fingerprint density at radius 2 is 1.62 bits per heavy atom. The van der Waals surface area contributed by atoms with Crippen LogP contribution in [0.1, 0.15) is 34.1 Å². The predicted molar refractivity (Wildman–Crippen MR) is 52.3 cm³/mol. The molecule has 0 saturated carbocycles. The third-order valence-corrected chi connectivity index (χ3v) is 2.42. The first-order valence-corrected chi connectivity index (χ1v) is 4.77. The first-order chi connectivity index (χ1) is 5.80. The number of hydrogen-bond acceptors (Lipinski definition) is 3. The SMILES string of the molecule is CC(C(O)CCO)C(O)C(C)(C)C. The standard InChI is InChI=1S/C10H22O3/c1-7(8(12)5-6-11)9(13)10(2,3)4/h7-9,11-13H,5-6H2,1-4H3. The fourth-order valence-corrected chi connectivity index (χ4v) is 1.39. The van der Waals surface area contributed by atoms with Crippen LogP contribution < -0.4 is 0 Å². The lowest BCUT2D eigenvalue weighted by atomic mass is 9.79. The topological polar surface area (TPSA) is 60.7 Å². The van der Waals surface area contributed by atoms with Crippen LogP contribution in [-0.2, 0) is 0 Å². The molecule has 0 heterocycles. The highest BCUT2D eigenvalue weighted by molar-refractivity contribution is 4.81. The second-order valence-electron chi connectivity index (χ2n) is 4.75. The molecule has 80 valence electrons. The van der Waals surface area contributed by atoms with E-state index in [0.717, 1.165) is 0 Å². The van der Waals surface area contributed by atoms with Crippen molar-refractivity contribution in [1.82, 2.24) is 0 Å². The van der Waals surface area contributed by atoms with Crippen LogP contribution in [0.15, 0.2) is 0 Å². The minimum absolute atomic E-state index is 0.0393. The normalized spacial score (nSPS) is 19.6. The van der Waals surface area contributed by atoms with E-state index in [-0.39, 0.29) is 17.9 Å². The molecule has 0 radical (unpaired) electrons. The van der Waals surface area contributed by atoms with E-state index in [9.17, 15) is 10.2 Å². The quantitative estimate of drug-likeness (QED) is 0.613. The summed E-state index contributed by atoms with van der Waals surface area (Å²) in [5.74, 6) is -0.202. The maximum atomic E-state index is 9.81. The number of hydrogen-bond donors (Lipinski definition) is 3. The molecule has 0 aromatic rings. The summed E-state index contributed by atoms with van der Waals surface area (Å²) in [4.78, 5) is 0. The highest BCUT2D eigenvalue weighted by Gasteiger charge is 2.31. The molecule has 3 unspecified atom stereocenters. The van der Waals surface area contributed by atoms with Crippen LogP contribution in [0.4, 0.5) is 0 Å². The highest BCUT2D eigenvalue weighted by atomic mass is 16.3. The van der Waals surface area contributed by atoms with E-state index in [1.165, 1.54) is 0 Å². The minimum Gasteiger partial charge on any atom is -0.396 e.